The summed E-state index contributed by atoms with van der Waals surface area (Å²) >= 11 is 0. The van der Waals surface area contributed by atoms with Crippen LogP contribution in [0, 0.1) is 13.8 Å². The Morgan fingerprint density at radius 1 is 1.32 bits per heavy atom. The predicted octanol–water partition coefficient (Wildman–Crippen LogP) is 3.64. The lowest BCUT2D eigenvalue weighted by Gasteiger charge is -2.23. The minimum Gasteiger partial charge on any atom is -0.335 e. The van der Waals surface area contributed by atoms with E-state index in [1.54, 1.807) is 0 Å². The summed E-state index contributed by atoms with van der Waals surface area (Å²) in [6.45, 7) is 7.59. The zero-order valence-electron chi connectivity index (χ0n) is 14.0. The number of rotatable bonds is 7. The van der Waals surface area contributed by atoms with Gasteiger partial charge in [0.15, 0.2) is 0 Å². The molecule has 22 heavy (non-hydrogen) atoms. The van der Waals surface area contributed by atoms with Crippen molar-refractivity contribution in [2.75, 3.05) is 0 Å². The van der Waals surface area contributed by atoms with Crippen molar-refractivity contribution in [3.05, 3.63) is 53.6 Å². The fourth-order valence-corrected chi connectivity index (χ4v) is 3.30. The van der Waals surface area contributed by atoms with E-state index < -0.39 is 0 Å². The van der Waals surface area contributed by atoms with Crippen LogP contribution in [0.5, 0.6) is 0 Å². The van der Waals surface area contributed by atoms with Gasteiger partial charge in [-0.25, -0.2) is 4.98 Å². The number of imidazole rings is 1. The molecule has 1 fully saturated rings. The molecule has 0 spiro atoms. The number of aryl methyl sites for hydroxylation is 3. The maximum Gasteiger partial charge on any atom is 0.105 e. The Balaban J connectivity index is 1.52. The van der Waals surface area contributed by atoms with Crippen molar-refractivity contribution in [3.8, 4) is 0 Å². The maximum atomic E-state index is 4.29. The lowest BCUT2D eigenvalue weighted by Crippen LogP contribution is -2.40. The summed E-state index contributed by atoms with van der Waals surface area (Å²) in [7, 11) is 0. The van der Waals surface area contributed by atoms with Gasteiger partial charge in [0.1, 0.15) is 5.82 Å². The zero-order valence-corrected chi connectivity index (χ0v) is 14.0. The van der Waals surface area contributed by atoms with Gasteiger partial charge in [-0.3, -0.25) is 0 Å². The predicted molar refractivity (Wildman–Crippen MR) is 91.0 cm³/mol. The molecular formula is C19H27N3. The van der Waals surface area contributed by atoms with Crippen LogP contribution in [0.2, 0.25) is 0 Å². The molecule has 1 aromatic heterocycles. The van der Waals surface area contributed by atoms with Gasteiger partial charge in [0.05, 0.1) is 0 Å². The van der Waals surface area contributed by atoms with Gasteiger partial charge in [0, 0.05) is 30.5 Å². The maximum absolute atomic E-state index is 4.29. The SMILES string of the molecule is Cc1cccc(CC2(N[C@H](C)CCn3ccnc3C)CC2)c1. The molecule has 1 saturated carbocycles. The molecule has 1 aliphatic carbocycles. The van der Waals surface area contributed by atoms with Crippen LogP contribution in [0.4, 0.5) is 0 Å². The second-order valence-electron chi connectivity index (χ2n) is 6.95. The molecule has 1 aromatic carbocycles. The molecule has 3 heteroatoms. The highest BCUT2D eigenvalue weighted by atomic mass is 15.1. The summed E-state index contributed by atoms with van der Waals surface area (Å²) in [5.41, 5.74) is 3.16. The smallest absolute Gasteiger partial charge is 0.105 e. The first-order valence-corrected chi connectivity index (χ1v) is 8.37. The van der Waals surface area contributed by atoms with Crippen molar-refractivity contribution in [2.24, 2.45) is 0 Å². The van der Waals surface area contributed by atoms with E-state index in [2.05, 4.69) is 66.1 Å². The number of hydrogen-bond acceptors (Lipinski definition) is 2. The topological polar surface area (TPSA) is 29.9 Å². The molecule has 0 aliphatic heterocycles. The van der Waals surface area contributed by atoms with E-state index in [0.717, 1.165) is 25.2 Å². The van der Waals surface area contributed by atoms with Gasteiger partial charge >= 0.3 is 0 Å². The van der Waals surface area contributed by atoms with E-state index in [9.17, 15) is 0 Å². The van der Waals surface area contributed by atoms with E-state index in [1.165, 1.54) is 24.0 Å². The van der Waals surface area contributed by atoms with Crippen molar-refractivity contribution < 1.29 is 0 Å². The van der Waals surface area contributed by atoms with Crippen molar-refractivity contribution in [3.63, 3.8) is 0 Å². The van der Waals surface area contributed by atoms with Crippen LogP contribution in [0.15, 0.2) is 36.7 Å². The lowest BCUT2D eigenvalue weighted by molar-refractivity contribution is 0.392. The van der Waals surface area contributed by atoms with Crippen LogP contribution >= 0.6 is 0 Å². The van der Waals surface area contributed by atoms with Gasteiger partial charge < -0.3 is 9.88 Å². The van der Waals surface area contributed by atoms with Crippen LogP contribution in [0.1, 0.15) is 43.1 Å². The Kier molecular flexibility index (Phi) is 4.34. The first kappa shape index (κ1) is 15.3. The fourth-order valence-electron chi connectivity index (χ4n) is 3.30. The van der Waals surface area contributed by atoms with E-state index in [4.69, 9.17) is 0 Å². The second-order valence-corrected chi connectivity index (χ2v) is 6.95. The Morgan fingerprint density at radius 3 is 2.77 bits per heavy atom. The molecule has 2 aromatic rings. The molecule has 1 atom stereocenters. The quantitative estimate of drug-likeness (QED) is 0.845. The van der Waals surface area contributed by atoms with Gasteiger partial charge in [-0.15, -0.1) is 0 Å². The van der Waals surface area contributed by atoms with Crippen LogP contribution in [-0.2, 0) is 13.0 Å². The molecule has 0 bridgehead atoms. The van der Waals surface area contributed by atoms with Crippen molar-refractivity contribution in [2.45, 2.75) is 64.6 Å². The number of benzene rings is 1. The van der Waals surface area contributed by atoms with Crippen LogP contribution in [0.25, 0.3) is 0 Å². The Labute approximate surface area is 133 Å². The largest absolute Gasteiger partial charge is 0.335 e. The number of nitrogens with one attached hydrogen (secondary N) is 1. The molecular weight excluding hydrogens is 270 g/mol. The monoisotopic (exact) mass is 297 g/mol. The molecule has 0 radical (unpaired) electrons. The summed E-state index contributed by atoms with van der Waals surface area (Å²) in [4.78, 5) is 4.29. The number of hydrogen-bond donors (Lipinski definition) is 1. The number of aromatic nitrogens is 2. The summed E-state index contributed by atoms with van der Waals surface area (Å²) in [5, 5.41) is 3.88. The Bertz CT molecular complexity index is 625. The number of nitrogens with zero attached hydrogens (tertiary/aromatic N) is 2. The molecule has 0 saturated heterocycles. The minimum absolute atomic E-state index is 0.344. The molecule has 3 rings (SSSR count). The normalized spacial score (nSPS) is 17.4. The molecule has 1 N–H and O–H groups in total. The molecule has 1 heterocycles. The van der Waals surface area contributed by atoms with Crippen LogP contribution in [0.3, 0.4) is 0 Å². The standard InChI is InChI=1S/C19H27N3/c1-15-5-4-6-18(13-15)14-19(8-9-19)21-16(2)7-11-22-12-10-20-17(22)3/h4-6,10,12-13,16,21H,7-9,11,14H2,1-3H3/t16-/m1/s1. The first-order chi connectivity index (χ1) is 10.6. The summed E-state index contributed by atoms with van der Waals surface area (Å²) < 4.78 is 2.23. The summed E-state index contributed by atoms with van der Waals surface area (Å²) in [6, 6.07) is 9.46. The third-order valence-corrected chi connectivity index (χ3v) is 4.76. The van der Waals surface area contributed by atoms with E-state index in [0.29, 0.717) is 11.6 Å². The van der Waals surface area contributed by atoms with Crippen molar-refractivity contribution in [1.82, 2.24) is 14.9 Å². The molecule has 0 amide bonds. The van der Waals surface area contributed by atoms with Crippen molar-refractivity contribution >= 4 is 0 Å². The average Bonchev–Trinajstić information content (AvgIpc) is 3.08. The van der Waals surface area contributed by atoms with E-state index >= 15 is 0 Å². The van der Waals surface area contributed by atoms with Gasteiger partial charge in [-0.1, -0.05) is 29.8 Å². The highest BCUT2D eigenvalue weighted by molar-refractivity contribution is 5.26. The van der Waals surface area contributed by atoms with Gasteiger partial charge in [0.25, 0.3) is 0 Å². The van der Waals surface area contributed by atoms with Crippen molar-refractivity contribution in [1.29, 1.82) is 0 Å². The molecule has 3 nitrogen and oxygen atoms in total. The second kappa shape index (κ2) is 6.25. The van der Waals surface area contributed by atoms with Crippen LogP contribution < -0.4 is 5.32 Å². The van der Waals surface area contributed by atoms with Gasteiger partial charge in [-0.2, -0.15) is 0 Å². The molecule has 0 unspecified atom stereocenters. The van der Waals surface area contributed by atoms with Gasteiger partial charge in [-0.05, 0) is 52.0 Å². The Morgan fingerprint density at radius 2 is 2.14 bits per heavy atom. The van der Waals surface area contributed by atoms with Gasteiger partial charge in [0.2, 0.25) is 0 Å². The highest BCUT2D eigenvalue weighted by Gasteiger charge is 2.42. The fraction of sp³-hybridized carbons (Fsp3) is 0.526. The average molecular weight is 297 g/mol. The zero-order chi connectivity index (χ0) is 15.6. The summed E-state index contributed by atoms with van der Waals surface area (Å²) in [6.07, 6.45) is 8.86. The third kappa shape index (κ3) is 3.77. The first-order valence-electron chi connectivity index (χ1n) is 8.37. The molecule has 118 valence electrons. The Hall–Kier alpha value is -1.61. The molecule has 1 aliphatic rings. The highest BCUT2D eigenvalue weighted by Crippen LogP contribution is 2.39. The van der Waals surface area contributed by atoms with E-state index in [1.807, 2.05) is 6.20 Å². The van der Waals surface area contributed by atoms with Crippen LogP contribution in [-0.4, -0.2) is 21.1 Å². The minimum atomic E-state index is 0.344. The van der Waals surface area contributed by atoms with E-state index in [-0.39, 0.29) is 0 Å². The summed E-state index contributed by atoms with van der Waals surface area (Å²) in [5.74, 6) is 1.10. The third-order valence-electron chi connectivity index (χ3n) is 4.76. The lowest BCUT2D eigenvalue weighted by atomic mass is 10.0.